The normalized spacial score (nSPS) is 14.9. The molecular formula is C28H33N5O4S2. The fourth-order valence-corrected chi connectivity index (χ4v) is 5.94. The number of carbonyl (C=O) groups excluding carboxylic acids is 1. The van der Waals surface area contributed by atoms with Crippen LogP contribution in [0.15, 0.2) is 66.3 Å². The number of aromatic nitrogens is 2. The number of unbranched alkanes of at least 4 members (excludes halogenated alkanes) is 1. The highest BCUT2D eigenvalue weighted by atomic mass is 32.2. The number of nitrogens with one attached hydrogen (secondary N) is 2. The third-order valence-electron chi connectivity index (χ3n) is 6.80. The highest BCUT2D eigenvalue weighted by Crippen LogP contribution is 2.28. The summed E-state index contributed by atoms with van der Waals surface area (Å²) in [6.07, 6.45) is 8.91. The van der Waals surface area contributed by atoms with Crippen molar-refractivity contribution in [1.29, 1.82) is 0 Å². The summed E-state index contributed by atoms with van der Waals surface area (Å²) in [4.78, 5) is 20.6. The van der Waals surface area contributed by atoms with E-state index in [0.29, 0.717) is 23.5 Å². The summed E-state index contributed by atoms with van der Waals surface area (Å²) in [5.41, 5.74) is 3.25. The van der Waals surface area contributed by atoms with Gasteiger partial charge >= 0.3 is 10.1 Å². The maximum atomic E-state index is 12.6. The molecule has 0 unspecified atom stereocenters. The van der Waals surface area contributed by atoms with E-state index in [1.807, 2.05) is 58.6 Å². The first-order valence-corrected chi connectivity index (χ1v) is 15.8. The van der Waals surface area contributed by atoms with Crippen molar-refractivity contribution in [3.63, 3.8) is 0 Å². The van der Waals surface area contributed by atoms with Gasteiger partial charge in [0.2, 0.25) is 0 Å². The van der Waals surface area contributed by atoms with Crippen molar-refractivity contribution in [3.05, 3.63) is 71.9 Å². The second-order valence-corrected chi connectivity index (χ2v) is 12.3. The number of rotatable bonds is 11. The van der Waals surface area contributed by atoms with Crippen LogP contribution in [0.1, 0.15) is 36.0 Å². The molecule has 0 bridgehead atoms. The molecule has 0 aliphatic carbocycles. The largest absolute Gasteiger partial charge is 0.380 e. The van der Waals surface area contributed by atoms with Crippen LogP contribution in [-0.4, -0.2) is 67.1 Å². The molecule has 1 amide bonds. The second-order valence-electron chi connectivity index (χ2n) is 9.80. The van der Waals surface area contributed by atoms with Crippen LogP contribution >= 0.6 is 11.3 Å². The standard InChI is InChI=1S/C28H33N5O4S2/c1-39(35,36)37-26-7-3-2-6-24(26)30-23-12-16-32(17-13-23)15-5-4-14-29-27(34)22-10-8-21(9-11-22)25-20-33-18-19-38-28(33)31-25/h2-3,6-11,18-20,23,30H,4-5,12-17H2,1H3,(H,29,34). The summed E-state index contributed by atoms with van der Waals surface area (Å²) in [6.45, 7) is 3.58. The van der Waals surface area contributed by atoms with Gasteiger partial charge in [-0.15, -0.1) is 11.3 Å². The van der Waals surface area contributed by atoms with Crippen LogP contribution in [0.2, 0.25) is 0 Å². The van der Waals surface area contributed by atoms with Gasteiger partial charge in [-0.2, -0.15) is 8.42 Å². The molecule has 1 aliphatic heterocycles. The highest BCUT2D eigenvalue weighted by molar-refractivity contribution is 7.86. The highest BCUT2D eigenvalue weighted by Gasteiger charge is 2.20. The quantitative estimate of drug-likeness (QED) is 0.203. The first kappa shape index (κ1) is 27.2. The van der Waals surface area contributed by atoms with Gasteiger partial charge in [-0.1, -0.05) is 24.3 Å². The zero-order valence-electron chi connectivity index (χ0n) is 21.9. The van der Waals surface area contributed by atoms with E-state index in [1.165, 1.54) is 0 Å². The second kappa shape index (κ2) is 12.2. The predicted octanol–water partition coefficient (Wildman–Crippen LogP) is 4.49. The van der Waals surface area contributed by atoms with E-state index in [4.69, 9.17) is 4.18 Å². The molecule has 0 saturated carbocycles. The van der Waals surface area contributed by atoms with E-state index in [1.54, 1.807) is 23.5 Å². The van der Waals surface area contributed by atoms with Gasteiger partial charge in [0.1, 0.15) is 0 Å². The Morgan fingerprint density at radius 2 is 1.87 bits per heavy atom. The number of nitrogens with zero attached hydrogens (tertiary/aromatic N) is 3. The van der Waals surface area contributed by atoms with E-state index < -0.39 is 10.1 Å². The van der Waals surface area contributed by atoms with Crippen molar-refractivity contribution in [2.45, 2.75) is 31.7 Å². The average Bonchev–Trinajstić information content (AvgIpc) is 3.53. The SMILES string of the molecule is CS(=O)(=O)Oc1ccccc1NC1CCN(CCCCNC(=O)c2ccc(-c3cn4ccsc4n3)cc2)CC1. The lowest BCUT2D eigenvalue weighted by Crippen LogP contribution is -2.39. The minimum Gasteiger partial charge on any atom is -0.380 e. The number of thiazole rings is 1. The molecule has 206 valence electrons. The first-order chi connectivity index (χ1) is 18.8. The zero-order valence-corrected chi connectivity index (χ0v) is 23.5. The van der Waals surface area contributed by atoms with Crippen LogP contribution in [0.5, 0.6) is 5.75 Å². The Kier molecular flexibility index (Phi) is 8.49. The molecule has 0 spiro atoms. The van der Waals surface area contributed by atoms with Gasteiger partial charge in [0, 0.05) is 54.6 Å². The van der Waals surface area contributed by atoms with Gasteiger partial charge in [-0.25, -0.2) is 4.98 Å². The van der Waals surface area contributed by atoms with Crippen molar-refractivity contribution in [3.8, 4) is 17.0 Å². The molecule has 1 saturated heterocycles. The van der Waals surface area contributed by atoms with Gasteiger partial charge in [0.25, 0.3) is 5.91 Å². The molecule has 5 rings (SSSR count). The number of benzene rings is 2. The number of para-hydroxylation sites is 2. The Morgan fingerprint density at radius 3 is 2.62 bits per heavy atom. The third-order valence-corrected chi connectivity index (χ3v) is 8.05. The molecule has 11 heteroatoms. The Morgan fingerprint density at radius 1 is 1.10 bits per heavy atom. The summed E-state index contributed by atoms with van der Waals surface area (Å²) in [6, 6.07) is 15.0. The minimum absolute atomic E-state index is 0.0561. The van der Waals surface area contributed by atoms with Crippen LogP contribution in [0.25, 0.3) is 16.2 Å². The summed E-state index contributed by atoms with van der Waals surface area (Å²) in [7, 11) is -3.58. The van der Waals surface area contributed by atoms with Crippen molar-refractivity contribution < 1.29 is 17.4 Å². The molecule has 0 atom stereocenters. The predicted molar refractivity (Wildman–Crippen MR) is 155 cm³/mol. The van der Waals surface area contributed by atoms with Gasteiger partial charge in [-0.3, -0.25) is 9.20 Å². The number of hydrogen-bond donors (Lipinski definition) is 2. The summed E-state index contributed by atoms with van der Waals surface area (Å²) in [5.74, 6) is 0.276. The smallest absolute Gasteiger partial charge is 0.306 e. The fraction of sp³-hybridized carbons (Fsp3) is 0.357. The van der Waals surface area contributed by atoms with Gasteiger partial charge in [0.05, 0.1) is 17.6 Å². The monoisotopic (exact) mass is 567 g/mol. The maximum absolute atomic E-state index is 12.6. The molecular weight excluding hydrogens is 534 g/mol. The van der Waals surface area contributed by atoms with E-state index in [0.717, 1.165) is 67.8 Å². The van der Waals surface area contributed by atoms with Gasteiger partial charge in [-0.05, 0) is 56.5 Å². The molecule has 1 aliphatic rings. The van der Waals surface area contributed by atoms with Crippen molar-refractivity contribution in [2.75, 3.05) is 37.8 Å². The van der Waals surface area contributed by atoms with Crippen molar-refractivity contribution in [1.82, 2.24) is 19.6 Å². The van der Waals surface area contributed by atoms with E-state index in [9.17, 15) is 13.2 Å². The lowest BCUT2D eigenvalue weighted by atomic mass is 10.0. The lowest BCUT2D eigenvalue weighted by molar-refractivity contribution is 0.0952. The molecule has 4 aromatic rings. The van der Waals surface area contributed by atoms with E-state index in [-0.39, 0.29) is 11.9 Å². The summed E-state index contributed by atoms with van der Waals surface area (Å²) < 4.78 is 30.2. The topological polar surface area (TPSA) is 105 Å². The van der Waals surface area contributed by atoms with Gasteiger partial charge < -0.3 is 19.7 Å². The summed E-state index contributed by atoms with van der Waals surface area (Å²) >= 11 is 1.60. The molecule has 0 radical (unpaired) electrons. The maximum Gasteiger partial charge on any atom is 0.306 e. The Bertz CT molecular complexity index is 1480. The molecule has 1 fully saturated rings. The number of carbonyl (C=O) groups is 1. The zero-order chi connectivity index (χ0) is 27.2. The van der Waals surface area contributed by atoms with E-state index >= 15 is 0 Å². The summed E-state index contributed by atoms with van der Waals surface area (Å²) in [5, 5.41) is 8.48. The number of piperidine rings is 1. The number of fused-ring (bicyclic) bond motifs is 1. The lowest BCUT2D eigenvalue weighted by Gasteiger charge is -2.33. The number of imidazole rings is 1. The molecule has 39 heavy (non-hydrogen) atoms. The number of amides is 1. The number of anilines is 1. The average molecular weight is 568 g/mol. The molecule has 2 N–H and O–H groups in total. The molecule has 2 aromatic heterocycles. The van der Waals surface area contributed by atoms with Crippen molar-refractivity contribution >= 4 is 38.0 Å². The molecule has 3 heterocycles. The van der Waals surface area contributed by atoms with Crippen LogP contribution in [0.4, 0.5) is 5.69 Å². The van der Waals surface area contributed by atoms with Crippen molar-refractivity contribution in [2.24, 2.45) is 0 Å². The van der Waals surface area contributed by atoms with Crippen LogP contribution < -0.4 is 14.8 Å². The number of hydrogen-bond acceptors (Lipinski definition) is 8. The van der Waals surface area contributed by atoms with E-state index in [2.05, 4.69) is 20.5 Å². The Balaban J connectivity index is 0.991. The van der Waals surface area contributed by atoms with Crippen LogP contribution in [0.3, 0.4) is 0 Å². The van der Waals surface area contributed by atoms with Crippen LogP contribution in [-0.2, 0) is 10.1 Å². The van der Waals surface area contributed by atoms with Crippen LogP contribution in [0, 0.1) is 0 Å². The Hall–Kier alpha value is -3.41. The number of likely N-dealkylation sites (tertiary alicyclic amines) is 1. The molecule has 9 nitrogen and oxygen atoms in total. The third kappa shape index (κ3) is 7.37. The minimum atomic E-state index is -3.58. The van der Waals surface area contributed by atoms with Gasteiger partial charge in [0.15, 0.2) is 10.7 Å². The molecule has 2 aromatic carbocycles. The Labute approximate surface area is 233 Å². The first-order valence-electron chi connectivity index (χ1n) is 13.1. The fourth-order valence-electron chi connectivity index (χ4n) is 4.77.